The highest BCUT2D eigenvalue weighted by Crippen LogP contribution is 2.23. The van der Waals surface area contributed by atoms with Crippen LogP contribution in [-0.4, -0.2) is 224 Å². The molecule has 2 rings (SSSR count). The zero-order valence-corrected chi connectivity index (χ0v) is 46.5. The van der Waals surface area contributed by atoms with Gasteiger partial charge in [-0.25, -0.2) is 0 Å². The van der Waals surface area contributed by atoms with Crippen molar-refractivity contribution in [3.05, 3.63) is 0 Å². The average molecular weight is 1040 g/mol. The third kappa shape index (κ3) is 35.5. The van der Waals surface area contributed by atoms with Crippen molar-refractivity contribution in [1.82, 2.24) is 0 Å². The number of unbranched alkanes of at least 4 members (excludes halogenated alkanes) is 5. The summed E-state index contributed by atoms with van der Waals surface area (Å²) in [6.45, 7) is 26.7. The van der Waals surface area contributed by atoms with E-state index in [4.69, 9.17) is 86.3 Å². The second-order valence-electron chi connectivity index (χ2n) is 19.7. The zero-order chi connectivity index (χ0) is 52.6. The van der Waals surface area contributed by atoms with Crippen LogP contribution in [0.1, 0.15) is 127 Å². The van der Waals surface area contributed by atoms with Crippen molar-refractivity contribution in [2.75, 3.05) is 152 Å². The lowest BCUT2D eigenvalue weighted by atomic mass is 10.3. The van der Waals surface area contributed by atoms with Crippen LogP contribution in [-0.2, 0) is 80.5 Å². The standard InChI is InChI=1S/C53H105NO18/c1-10-15-20-63-44(27-56-26-43(55)25-54)28-57-29-45(64-21-16-11-2)30-58-35-48(36-59-31-46(65-22-17-12-3)33-61-38-50-41-69-52(6,7)71-50)68-40-49(67-24-19-14-5)37-60-32-47(66-23-18-13-4)34-62-39-51-42-70-53(8,9)72-51/h43-51,55H,10-42,54H2,1-9H3. The molecule has 0 aliphatic carbocycles. The summed E-state index contributed by atoms with van der Waals surface area (Å²) >= 11 is 0. The third-order valence-electron chi connectivity index (χ3n) is 11.4. The summed E-state index contributed by atoms with van der Waals surface area (Å²) in [7, 11) is 0. The van der Waals surface area contributed by atoms with Gasteiger partial charge in [0.1, 0.15) is 48.8 Å². The highest BCUT2D eigenvalue weighted by molar-refractivity contribution is 4.73. The molecule has 2 fully saturated rings. The number of rotatable bonds is 52. The van der Waals surface area contributed by atoms with E-state index in [-0.39, 0.29) is 95.5 Å². The summed E-state index contributed by atoms with van der Waals surface area (Å²) in [6.07, 6.45) is 6.58. The maximum absolute atomic E-state index is 9.88. The minimum atomic E-state index is -0.729. The first-order valence-electron chi connectivity index (χ1n) is 27.6. The van der Waals surface area contributed by atoms with Crippen LogP contribution in [0.15, 0.2) is 0 Å². The van der Waals surface area contributed by atoms with Gasteiger partial charge in [0.2, 0.25) is 0 Å². The van der Waals surface area contributed by atoms with Crippen LogP contribution in [0, 0.1) is 0 Å². The van der Waals surface area contributed by atoms with Crippen LogP contribution in [0.2, 0.25) is 0 Å². The molecule has 0 aromatic rings. The van der Waals surface area contributed by atoms with Gasteiger partial charge in [-0.05, 0) is 59.8 Å². The first kappa shape index (κ1) is 67.3. The molecule has 9 atom stereocenters. The molecule has 0 amide bonds. The fourth-order valence-corrected chi connectivity index (χ4v) is 7.16. The molecule has 19 heteroatoms. The first-order valence-corrected chi connectivity index (χ1v) is 27.6. The Balaban J connectivity index is 2.13. The second kappa shape index (κ2) is 43.2. The molecular weight excluding hydrogens is 939 g/mol. The zero-order valence-electron chi connectivity index (χ0n) is 46.5. The van der Waals surface area contributed by atoms with Crippen molar-refractivity contribution in [3.63, 3.8) is 0 Å². The van der Waals surface area contributed by atoms with Gasteiger partial charge in [0.25, 0.3) is 0 Å². The molecule has 2 aliphatic rings. The molecule has 0 spiro atoms. The average Bonchev–Trinajstić information content (AvgIpc) is 3.90. The van der Waals surface area contributed by atoms with E-state index in [1.807, 2.05) is 27.7 Å². The smallest absolute Gasteiger partial charge is 0.163 e. The van der Waals surface area contributed by atoms with Gasteiger partial charge in [-0.3, -0.25) is 0 Å². The van der Waals surface area contributed by atoms with Gasteiger partial charge in [-0.1, -0.05) is 66.7 Å². The Labute approximate surface area is 435 Å². The minimum absolute atomic E-state index is 0.127. The van der Waals surface area contributed by atoms with Crippen LogP contribution in [0.3, 0.4) is 0 Å². The Kier molecular flexibility index (Phi) is 40.5. The van der Waals surface area contributed by atoms with Crippen LogP contribution in [0.25, 0.3) is 0 Å². The summed E-state index contributed by atoms with van der Waals surface area (Å²) in [5, 5.41) is 9.88. The Morgan fingerprint density at radius 1 is 0.403 bits per heavy atom. The molecule has 2 saturated heterocycles. The Morgan fingerprint density at radius 3 is 0.931 bits per heavy atom. The van der Waals surface area contributed by atoms with Gasteiger partial charge in [-0.2, -0.15) is 0 Å². The number of ether oxygens (including phenoxy) is 17. The molecule has 0 aromatic heterocycles. The van der Waals surface area contributed by atoms with Gasteiger partial charge in [0.05, 0.1) is 118 Å². The van der Waals surface area contributed by atoms with E-state index in [0.29, 0.717) is 99.1 Å². The van der Waals surface area contributed by atoms with E-state index in [1.54, 1.807) is 0 Å². The molecule has 72 heavy (non-hydrogen) atoms. The highest BCUT2D eigenvalue weighted by Gasteiger charge is 2.34. The quantitative estimate of drug-likeness (QED) is 0.0667. The Hall–Kier alpha value is -0.760. The van der Waals surface area contributed by atoms with Crippen molar-refractivity contribution in [2.45, 2.75) is 193 Å². The van der Waals surface area contributed by atoms with Crippen molar-refractivity contribution in [3.8, 4) is 0 Å². The van der Waals surface area contributed by atoms with Gasteiger partial charge in [0.15, 0.2) is 11.6 Å². The van der Waals surface area contributed by atoms with Crippen LogP contribution < -0.4 is 5.73 Å². The molecule has 0 saturated carbocycles. The van der Waals surface area contributed by atoms with Crippen LogP contribution in [0.4, 0.5) is 0 Å². The molecule has 430 valence electrons. The maximum Gasteiger partial charge on any atom is 0.163 e. The minimum Gasteiger partial charge on any atom is -0.389 e. The molecule has 0 radical (unpaired) electrons. The topological polar surface area (TPSA) is 203 Å². The summed E-state index contributed by atoms with van der Waals surface area (Å²) in [5.74, 6) is -1.23. The molecule has 2 heterocycles. The molecule has 9 unspecified atom stereocenters. The Morgan fingerprint density at radius 2 is 0.667 bits per heavy atom. The fourth-order valence-electron chi connectivity index (χ4n) is 7.16. The second-order valence-corrected chi connectivity index (χ2v) is 19.7. The van der Waals surface area contributed by atoms with Crippen molar-refractivity contribution >= 4 is 0 Å². The Bertz CT molecular complexity index is 1210. The summed E-state index contributed by atoms with van der Waals surface area (Å²) in [6, 6.07) is 0. The third-order valence-corrected chi connectivity index (χ3v) is 11.4. The van der Waals surface area contributed by atoms with E-state index in [2.05, 4.69) is 34.6 Å². The van der Waals surface area contributed by atoms with E-state index < -0.39 is 23.8 Å². The summed E-state index contributed by atoms with van der Waals surface area (Å²) in [4.78, 5) is 0. The largest absolute Gasteiger partial charge is 0.389 e. The van der Waals surface area contributed by atoms with Crippen molar-refractivity contribution in [1.29, 1.82) is 0 Å². The normalized spacial score (nSPS) is 20.7. The monoisotopic (exact) mass is 1040 g/mol. The fraction of sp³-hybridized carbons (Fsp3) is 1.00. The molecule has 19 nitrogen and oxygen atoms in total. The van der Waals surface area contributed by atoms with Crippen molar-refractivity contribution in [2.24, 2.45) is 5.73 Å². The lowest BCUT2D eigenvalue weighted by Gasteiger charge is -2.26. The molecule has 0 aromatic carbocycles. The molecule has 0 bridgehead atoms. The lowest BCUT2D eigenvalue weighted by molar-refractivity contribution is -0.151. The lowest BCUT2D eigenvalue weighted by Crippen LogP contribution is -2.37. The van der Waals surface area contributed by atoms with E-state index >= 15 is 0 Å². The first-order chi connectivity index (χ1) is 34.8. The highest BCUT2D eigenvalue weighted by atomic mass is 16.8. The molecule has 2 aliphatic heterocycles. The van der Waals surface area contributed by atoms with Gasteiger partial charge in [-0.15, -0.1) is 0 Å². The van der Waals surface area contributed by atoms with Gasteiger partial charge in [0, 0.05) is 39.6 Å². The van der Waals surface area contributed by atoms with Gasteiger partial charge >= 0.3 is 0 Å². The van der Waals surface area contributed by atoms with Crippen molar-refractivity contribution < 1.29 is 85.6 Å². The summed E-state index contributed by atoms with van der Waals surface area (Å²) in [5.41, 5.74) is 5.57. The van der Waals surface area contributed by atoms with E-state index in [9.17, 15) is 5.11 Å². The van der Waals surface area contributed by atoms with E-state index in [0.717, 1.165) is 64.2 Å². The van der Waals surface area contributed by atoms with Gasteiger partial charge < -0.3 is 91.4 Å². The van der Waals surface area contributed by atoms with Crippen LogP contribution >= 0.6 is 0 Å². The molecule has 3 N–H and O–H groups in total. The molecular formula is C53H105NO18. The number of aliphatic hydroxyl groups excluding tert-OH is 1. The van der Waals surface area contributed by atoms with E-state index in [1.165, 1.54) is 0 Å². The SMILES string of the molecule is CCCCOC(COCC(O)CN)COCC(COCC(COCC(COCC1COC(C)(C)O1)OCCCC)OCC(COCC(COCC1COC(C)(C)O1)OCCCC)OCCCC)OCCCC. The number of hydrogen-bond acceptors (Lipinski definition) is 19. The number of nitrogens with two attached hydrogens (primary N) is 1. The van der Waals surface area contributed by atoms with Crippen LogP contribution in [0.5, 0.6) is 0 Å². The number of aliphatic hydroxyl groups is 1. The maximum atomic E-state index is 9.88. The number of hydrogen-bond donors (Lipinski definition) is 2. The predicted molar refractivity (Wildman–Crippen MR) is 274 cm³/mol. The summed E-state index contributed by atoms with van der Waals surface area (Å²) < 4.78 is 104. The predicted octanol–water partition coefficient (Wildman–Crippen LogP) is 6.04.